The summed E-state index contributed by atoms with van der Waals surface area (Å²) in [5.41, 5.74) is 9.95. The Hall–Kier alpha value is -2.95. The number of alkyl halides is 3. The fourth-order valence-corrected chi connectivity index (χ4v) is 3.19. The predicted octanol–water partition coefficient (Wildman–Crippen LogP) is 3.16. The second-order valence-corrected chi connectivity index (χ2v) is 6.86. The molecule has 3 rings (SSSR count). The Morgan fingerprint density at radius 3 is 2.52 bits per heavy atom. The van der Waals surface area contributed by atoms with Gasteiger partial charge in [0.2, 0.25) is 0 Å². The summed E-state index contributed by atoms with van der Waals surface area (Å²) in [6, 6.07) is 1.28. The molecule has 2 heterocycles. The molecule has 0 unspecified atom stereocenters. The van der Waals surface area contributed by atoms with E-state index >= 15 is 0 Å². The van der Waals surface area contributed by atoms with E-state index in [0.29, 0.717) is 6.20 Å². The molecule has 6 N–H and O–H groups in total. The number of carbonyl (C=O) groups excluding carboxylic acids is 1. The molecular formula is C18H20F4N6O. The highest BCUT2D eigenvalue weighted by Crippen LogP contribution is 2.31. The maximum Gasteiger partial charge on any atom is 0.417 e. The molecule has 0 aromatic carbocycles. The number of hydrogen-bond donors (Lipinski definition) is 4. The van der Waals surface area contributed by atoms with Gasteiger partial charge in [-0.3, -0.25) is 9.78 Å². The van der Waals surface area contributed by atoms with E-state index in [1.165, 1.54) is 0 Å². The quantitative estimate of drug-likeness (QED) is 0.560. The molecule has 0 radical (unpaired) electrons. The molecule has 11 heteroatoms. The number of nitrogens with one attached hydrogen (secondary N) is 2. The van der Waals surface area contributed by atoms with Crippen molar-refractivity contribution in [1.82, 2.24) is 9.97 Å². The molecule has 0 saturated heterocycles. The number of nitrogens with two attached hydrogens (primary N) is 2. The topological polar surface area (TPSA) is 119 Å². The lowest BCUT2D eigenvalue weighted by molar-refractivity contribution is -0.137. The number of rotatable bonds is 5. The van der Waals surface area contributed by atoms with E-state index in [2.05, 4.69) is 20.6 Å². The summed E-state index contributed by atoms with van der Waals surface area (Å²) < 4.78 is 53.2. The molecular weight excluding hydrogens is 392 g/mol. The maximum absolute atomic E-state index is 14.5. The molecule has 0 spiro atoms. The van der Waals surface area contributed by atoms with Crippen molar-refractivity contribution in [2.45, 2.75) is 43.9 Å². The highest BCUT2D eigenvalue weighted by Gasteiger charge is 2.31. The van der Waals surface area contributed by atoms with E-state index in [9.17, 15) is 22.4 Å². The summed E-state index contributed by atoms with van der Waals surface area (Å²) in [5.74, 6) is -2.16. The van der Waals surface area contributed by atoms with Crippen molar-refractivity contribution in [3.05, 3.63) is 41.5 Å². The number of carbonyl (C=O) groups is 1. The normalized spacial score (nSPS) is 19.6. The Labute approximate surface area is 163 Å². The van der Waals surface area contributed by atoms with Crippen molar-refractivity contribution in [3.8, 4) is 0 Å². The summed E-state index contributed by atoms with van der Waals surface area (Å²) in [5, 5.41) is 5.50. The van der Waals surface area contributed by atoms with E-state index < -0.39 is 23.5 Å². The second kappa shape index (κ2) is 8.19. The highest BCUT2D eigenvalue weighted by atomic mass is 19.4. The fraction of sp³-hybridized carbons (Fsp3) is 0.389. The molecule has 7 nitrogen and oxygen atoms in total. The first-order chi connectivity index (χ1) is 13.6. The van der Waals surface area contributed by atoms with E-state index in [-0.39, 0.29) is 35.0 Å². The molecule has 1 aliphatic carbocycles. The summed E-state index contributed by atoms with van der Waals surface area (Å²) in [6.45, 7) is 0. The van der Waals surface area contributed by atoms with Crippen LogP contribution in [0.5, 0.6) is 0 Å². The summed E-state index contributed by atoms with van der Waals surface area (Å²) in [7, 11) is 0. The number of nitrogens with zero attached hydrogens (tertiary/aromatic N) is 2. The first kappa shape index (κ1) is 20.8. The van der Waals surface area contributed by atoms with Gasteiger partial charge in [-0.1, -0.05) is 12.8 Å². The molecule has 29 heavy (non-hydrogen) atoms. The van der Waals surface area contributed by atoms with Gasteiger partial charge in [0.25, 0.3) is 5.91 Å². The Bertz CT molecular complexity index is 904. The zero-order valence-electron chi connectivity index (χ0n) is 15.3. The van der Waals surface area contributed by atoms with Crippen LogP contribution in [-0.4, -0.2) is 28.0 Å². The van der Waals surface area contributed by atoms with Crippen molar-refractivity contribution in [2.75, 3.05) is 10.6 Å². The van der Waals surface area contributed by atoms with Gasteiger partial charge < -0.3 is 22.1 Å². The molecule has 1 aliphatic rings. The summed E-state index contributed by atoms with van der Waals surface area (Å²) in [6.07, 6.45) is 0.584. The number of aromatic nitrogens is 2. The van der Waals surface area contributed by atoms with Gasteiger partial charge in [0.15, 0.2) is 11.6 Å². The largest absolute Gasteiger partial charge is 0.417 e. The Balaban J connectivity index is 1.93. The van der Waals surface area contributed by atoms with Crippen LogP contribution in [0, 0.1) is 5.82 Å². The lowest BCUT2D eigenvalue weighted by atomic mass is 9.91. The minimum Gasteiger partial charge on any atom is -0.365 e. The minimum atomic E-state index is -4.60. The smallest absolute Gasteiger partial charge is 0.365 e. The van der Waals surface area contributed by atoms with Crippen LogP contribution >= 0.6 is 0 Å². The Morgan fingerprint density at radius 2 is 1.86 bits per heavy atom. The molecule has 1 fully saturated rings. The zero-order valence-corrected chi connectivity index (χ0v) is 15.3. The van der Waals surface area contributed by atoms with Gasteiger partial charge in [0.1, 0.15) is 5.82 Å². The molecule has 2 aromatic rings. The molecule has 0 aliphatic heterocycles. The van der Waals surface area contributed by atoms with Crippen LogP contribution in [0.4, 0.5) is 34.9 Å². The van der Waals surface area contributed by atoms with Crippen molar-refractivity contribution in [3.63, 3.8) is 0 Å². The number of amides is 1. The van der Waals surface area contributed by atoms with Crippen LogP contribution in [-0.2, 0) is 6.18 Å². The fourth-order valence-electron chi connectivity index (χ4n) is 3.19. The van der Waals surface area contributed by atoms with Crippen LogP contribution in [0.2, 0.25) is 0 Å². The second-order valence-electron chi connectivity index (χ2n) is 6.86. The molecule has 2 atom stereocenters. The highest BCUT2D eigenvalue weighted by molar-refractivity contribution is 5.98. The van der Waals surface area contributed by atoms with Crippen LogP contribution in [0.15, 0.2) is 24.5 Å². The lowest BCUT2D eigenvalue weighted by Gasteiger charge is -2.30. The maximum atomic E-state index is 14.5. The molecule has 2 aromatic heterocycles. The first-order valence-corrected chi connectivity index (χ1v) is 8.97. The van der Waals surface area contributed by atoms with Gasteiger partial charge in [0, 0.05) is 18.3 Å². The average Bonchev–Trinajstić information content (AvgIpc) is 2.65. The third-order valence-electron chi connectivity index (χ3n) is 4.71. The number of primary amides is 1. The van der Waals surface area contributed by atoms with Crippen molar-refractivity contribution >= 4 is 23.2 Å². The van der Waals surface area contributed by atoms with Gasteiger partial charge in [-0.15, -0.1) is 0 Å². The minimum absolute atomic E-state index is 0.0817. The molecule has 0 bridgehead atoms. The average molecular weight is 412 g/mol. The monoisotopic (exact) mass is 412 g/mol. The van der Waals surface area contributed by atoms with Crippen molar-refractivity contribution in [1.29, 1.82) is 0 Å². The van der Waals surface area contributed by atoms with Crippen molar-refractivity contribution < 1.29 is 22.4 Å². The van der Waals surface area contributed by atoms with E-state index in [1.807, 2.05) is 0 Å². The number of hydrogen-bond acceptors (Lipinski definition) is 6. The molecule has 156 valence electrons. The third-order valence-corrected chi connectivity index (χ3v) is 4.71. The number of anilines is 3. The van der Waals surface area contributed by atoms with Crippen molar-refractivity contribution in [2.24, 2.45) is 11.5 Å². The van der Waals surface area contributed by atoms with E-state index in [4.69, 9.17) is 11.5 Å². The first-order valence-electron chi connectivity index (χ1n) is 8.97. The Kier molecular flexibility index (Phi) is 5.87. The van der Waals surface area contributed by atoms with Crippen LogP contribution in [0.3, 0.4) is 0 Å². The third kappa shape index (κ3) is 4.91. The van der Waals surface area contributed by atoms with Gasteiger partial charge in [0.05, 0.1) is 23.0 Å². The van der Waals surface area contributed by atoms with Crippen LogP contribution in [0.1, 0.15) is 41.6 Å². The van der Waals surface area contributed by atoms with Crippen LogP contribution < -0.4 is 22.1 Å². The van der Waals surface area contributed by atoms with E-state index in [1.54, 1.807) is 0 Å². The van der Waals surface area contributed by atoms with Crippen LogP contribution in [0.25, 0.3) is 0 Å². The van der Waals surface area contributed by atoms with Gasteiger partial charge >= 0.3 is 6.18 Å². The number of pyridine rings is 2. The summed E-state index contributed by atoms with van der Waals surface area (Å²) >= 11 is 0. The van der Waals surface area contributed by atoms with E-state index in [0.717, 1.165) is 44.0 Å². The summed E-state index contributed by atoms with van der Waals surface area (Å²) in [4.78, 5) is 19.3. The molecule has 1 saturated carbocycles. The van der Waals surface area contributed by atoms with Gasteiger partial charge in [-0.25, -0.2) is 9.37 Å². The van der Waals surface area contributed by atoms with Gasteiger partial charge in [-0.05, 0) is 25.0 Å². The standard InChI is InChI=1S/C18H20F4N6O/c19-12-6-11(15(24)29)16(26-10-5-9(7-25-8-10)18(20,21)22)28-17(12)27-14-4-2-1-3-13(14)23/h5-8,13-14H,1-4,23H2,(H2,24,29)(H2,26,27,28)/t13-,14+/m0/s1. The Morgan fingerprint density at radius 1 is 1.14 bits per heavy atom. The predicted molar refractivity (Wildman–Crippen MR) is 99.1 cm³/mol. The zero-order chi connectivity index (χ0) is 21.2. The lowest BCUT2D eigenvalue weighted by Crippen LogP contribution is -2.43. The SMILES string of the molecule is NC(=O)c1cc(F)c(N[C@@H]2CCCC[C@@H]2N)nc1Nc1cncc(C(F)(F)F)c1. The molecule has 1 amide bonds. The van der Waals surface area contributed by atoms with Gasteiger partial charge in [-0.2, -0.15) is 13.2 Å². The number of halogens is 4.